The molecule has 0 radical (unpaired) electrons. The van der Waals surface area contributed by atoms with Gasteiger partial charge in [-0.1, -0.05) is 31.1 Å². The lowest BCUT2D eigenvalue weighted by molar-refractivity contribution is -0.275. The largest absolute Gasteiger partial charge is 0.573 e. The zero-order chi connectivity index (χ0) is 18.7. The van der Waals surface area contributed by atoms with E-state index in [2.05, 4.69) is 17.7 Å². The van der Waals surface area contributed by atoms with Gasteiger partial charge in [0.2, 0.25) is 0 Å². The molecule has 1 aromatic rings. The summed E-state index contributed by atoms with van der Waals surface area (Å²) in [6.07, 6.45) is 6.63. The molecule has 5 heteroatoms. The van der Waals surface area contributed by atoms with Gasteiger partial charge in [-0.25, -0.2) is 4.39 Å². The van der Waals surface area contributed by atoms with E-state index in [4.69, 9.17) is 0 Å². The molecule has 2 aliphatic carbocycles. The Bertz CT molecular complexity index is 642. The van der Waals surface area contributed by atoms with Gasteiger partial charge in [0.1, 0.15) is 0 Å². The Morgan fingerprint density at radius 2 is 1.77 bits per heavy atom. The zero-order valence-corrected chi connectivity index (χ0v) is 15.1. The second-order valence-corrected chi connectivity index (χ2v) is 7.61. The van der Waals surface area contributed by atoms with Gasteiger partial charge in [0.15, 0.2) is 11.6 Å². The number of rotatable bonds is 4. The first kappa shape index (κ1) is 19.2. The lowest BCUT2D eigenvalue weighted by Crippen LogP contribution is -2.19. The van der Waals surface area contributed by atoms with Gasteiger partial charge in [0, 0.05) is 0 Å². The highest BCUT2D eigenvalue weighted by molar-refractivity contribution is 5.33. The predicted molar refractivity (Wildman–Crippen MR) is 93.5 cm³/mol. The Hall–Kier alpha value is -1.52. The van der Waals surface area contributed by atoms with E-state index in [1.807, 2.05) is 0 Å². The monoisotopic (exact) mass is 370 g/mol. The minimum atomic E-state index is -4.87. The Balaban J connectivity index is 1.61. The van der Waals surface area contributed by atoms with E-state index in [1.165, 1.54) is 43.7 Å². The lowest BCUT2D eigenvalue weighted by atomic mass is 9.73. The molecule has 0 N–H and O–H groups in total. The average Bonchev–Trinajstić information content (AvgIpc) is 2.63. The van der Waals surface area contributed by atoms with Crippen molar-refractivity contribution in [2.75, 3.05) is 0 Å². The van der Waals surface area contributed by atoms with Crippen molar-refractivity contribution in [1.82, 2.24) is 0 Å². The van der Waals surface area contributed by atoms with Gasteiger partial charge in [0.05, 0.1) is 0 Å². The quantitative estimate of drug-likeness (QED) is 0.404. The molecule has 3 rings (SSSR count). The summed E-state index contributed by atoms with van der Waals surface area (Å²) in [4.78, 5) is 0. The van der Waals surface area contributed by atoms with Gasteiger partial charge in [0.25, 0.3) is 0 Å². The summed E-state index contributed by atoms with van der Waals surface area (Å²) >= 11 is 0. The topological polar surface area (TPSA) is 9.23 Å². The molecule has 0 heterocycles. The van der Waals surface area contributed by atoms with Crippen LogP contribution in [0.4, 0.5) is 17.6 Å². The van der Waals surface area contributed by atoms with Crippen molar-refractivity contribution in [3.63, 3.8) is 0 Å². The summed E-state index contributed by atoms with van der Waals surface area (Å²) in [5.74, 6) is 0.0234. The number of benzene rings is 1. The van der Waals surface area contributed by atoms with E-state index in [-0.39, 0.29) is 5.92 Å². The first-order valence-corrected chi connectivity index (χ1v) is 9.59. The van der Waals surface area contributed by atoms with Gasteiger partial charge in [-0.2, -0.15) is 0 Å². The maximum atomic E-state index is 13.9. The van der Waals surface area contributed by atoms with E-state index in [0.29, 0.717) is 5.92 Å². The highest BCUT2D eigenvalue weighted by Gasteiger charge is 2.32. The third-order valence-corrected chi connectivity index (χ3v) is 6.05. The van der Waals surface area contributed by atoms with Crippen LogP contribution in [-0.4, -0.2) is 6.36 Å². The molecule has 26 heavy (non-hydrogen) atoms. The third-order valence-electron chi connectivity index (χ3n) is 6.05. The minimum absolute atomic E-state index is 0.167. The van der Waals surface area contributed by atoms with Crippen LogP contribution in [0, 0.1) is 17.7 Å². The molecule has 1 saturated carbocycles. The molecule has 0 saturated heterocycles. The van der Waals surface area contributed by atoms with Gasteiger partial charge < -0.3 is 4.74 Å². The second kappa shape index (κ2) is 8.01. The summed E-state index contributed by atoms with van der Waals surface area (Å²) in [6, 6.07) is 3.83. The minimum Gasteiger partial charge on any atom is -0.403 e. The molecule has 1 atom stereocenters. The number of hydrogen-bond acceptors (Lipinski definition) is 1. The van der Waals surface area contributed by atoms with Crippen molar-refractivity contribution >= 4 is 0 Å². The third kappa shape index (κ3) is 4.80. The normalized spacial score (nSPS) is 27.1. The first-order valence-electron chi connectivity index (χ1n) is 9.59. The summed E-state index contributed by atoms with van der Waals surface area (Å²) in [5.41, 5.74) is 2.29. The second-order valence-electron chi connectivity index (χ2n) is 7.61. The lowest BCUT2D eigenvalue weighted by Gasteiger charge is -2.32. The van der Waals surface area contributed by atoms with Crippen LogP contribution in [0.3, 0.4) is 0 Å². The van der Waals surface area contributed by atoms with Gasteiger partial charge in [-0.3, -0.25) is 0 Å². The fourth-order valence-corrected chi connectivity index (χ4v) is 4.45. The number of ether oxygens (including phenoxy) is 1. The first-order chi connectivity index (χ1) is 12.4. The van der Waals surface area contributed by atoms with Gasteiger partial charge in [-0.15, -0.1) is 13.2 Å². The number of halogens is 4. The molecule has 0 aliphatic heterocycles. The van der Waals surface area contributed by atoms with Crippen LogP contribution in [0.25, 0.3) is 0 Å². The average molecular weight is 370 g/mol. The smallest absolute Gasteiger partial charge is 0.403 e. The van der Waals surface area contributed by atoms with E-state index < -0.39 is 17.9 Å². The van der Waals surface area contributed by atoms with Crippen molar-refractivity contribution in [2.24, 2.45) is 11.8 Å². The SMILES string of the molecule is CCC1CCC(C2=CCC(c3ccc(OC(F)(F)F)c(F)c3)CC2)CC1. The molecule has 0 bridgehead atoms. The molecule has 1 nitrogen and oxygen atoms in total. The van der Waals surface area contributed by atoms with Crippen LogP contribution < -0.4 is 4.74 Å². The van der Waals surface area contributed by atoms with Crippen molar-refractivity contribution in [1.29, 1.82) is 0 Å². The fourth-order valence-electron chi connectivity index (χ4n) is 4.45. The van der Waals surface area contributed by atoms with E-state index in [9.17, 15) is 17.6 Å². The molecule has 0 amide bonds. The Morgan fingerprint density at radius 3 is 2.31 bits per heavy atom. The van der Waals surface area contributed by atoms with Crippen molar-refractivity contribution in [2.45, 2.75) is 70.6 Å². The molecular formula is C21H26F4O. The van der Waals surface area contributed by atoms with Crippen molar-refractivity contribution in [3.05, 3.63) is 41.2 Å². The molecule has 2 aliphatic rings. The number of hydrogen-bond donors (Lipinski definition) is 0. The van der Waals surface area contributed by atoms with Gasteiger partial charge >= 0.3 is 6.36 Å². The summed E-state index contributed by atoms with van der Waals surface area (Å²) in [5, 5.41) is 0. The van der Waals surface area contributed by atoms with Crippen LogP contribution in [0.5, 0.6) is 5.75 Å². The molecular weight excluding hydrogens is 344 g/mol. The van der Waals surface area contributed by atoms with Crippen molar-refractivity contribution < 1.29 is 22.3 Å². The Labute approximate surface area is 152 Å². The highest BCUT2D eigenvalue weighted by Crippen LogP contribution is 2.41. The maximum Gasteiger partial charge on any atom is 0.573 e. The maximum absolute atomic E-state index is 13.9. The molecule has 144 valence electrons. The van der Waals surface area contributed by atoms with Crippen LogP contribution in [-0.2, 0) is 0 Å². The Kier molecular flexibility index (Phi) is 5.93. The van der Waals surface area contributed by atoms with E-state index >= 15 is 0 Å². The standard InChI is InChI=1S/C21H26F4O/c1-2-14-3-5-15(6-4-14)16-7-9-17(10-8-16)18-11-12-20(19(22)13-18)26-21(23,24)25/h7,11-15,17H,2-6,8-10H2,1H3. The van der Waals surface area contributed by atoms with E-state index in [1.54, 1.807) is 6.07 Å². The Morgan fingerprint density at radius 1 is 1.04 bits per heavy atom. The molecule has 0 spiro atoms. The predicted octanol–water partition coefficient (Wildman–Crippen LogP) is 7.13. The molecule has 0 aromatic heterocycles. The molecule has 1 unspecified atom stereocenters. The number of allylic oxidation sites excluding steroid dienone is 2. The van der Waals surface area contributed by atoms with Gasteiger partial charge in [-0.05, 0) is 80.4 Å². The number of alkyl halides is 3. The summed E-state index contributed by atoms with van der Waals surface area (Å²) in [6.45, 7) is 2.26. The summed E-state index contributed by atoms with van der Waals surface area (Å²) < 4.78 is 54.4. The zero-order valence-electron chi connectivity index (χ0n) is 15.1. The van der Waals surface area contributed by atoms with E-state index in [0.717, 1.165) is 36.8 Å². The summed E-state index contributed by atoms with van der Waals surface area (Å²) in [7, 11) is 0. The van der Waals surface area contributed by atoms with Crippen LogP contribution in [0.1, 0.15) is 69.8 Å². The van der Waals surface area contributed by atoms with Crippen LogP contribution in [0.2, 0.25) is 0 Å². The highest BCUT2D eigenvalue weighted by atomic mass is 19.4. The van der Waals surface area contributed by atoms with Crippen molar-refractivity contribution in [3.8, 4) is 5.75 Å². The van der Waals surface area contributed by atoms with Crippen LogP contribution >= 0.6 is 0 Å². The van der Waals surface area contributed by atoms with Crippen LogP contribution in [0.15, 0.2) is 29.8 Å². The molecule has 1 fully saturated rings. The molecule has 1 aromatic carbocycles. The fraction of sp³-hybridized carbons (Fsp3) is 0.619.